The van der Waals surface area contributed by atoms with E-state index in [1.165, 1.54) is 17.0 Å². The molecule has 0 aliphatic carbocycles. The van der Waals surface area contributed by atoms with E-state index in [4.69, 9.17) is 0 Å². The fourth-order valence-corrected chi connectivity index (χ4v) is 2.02. The molecule has 1 aliphatic heterocycles. The molecule has 1 aromatic carbocycles. The molecule has 18 heavy (non-hydrogen) atoms. The van der Waals surface area contributed by atoms with Gasteiger partial charge in [0.1, 0.15) is 5.82 Å². The molecule has 0 unspecified atom stereocenters. The molecule has 1 heterocycles. The molecule has 0 saturated carbocycles. The number of rotatable bonds is 1. The molecule has 4 nitrogen and oxygen atoms in total. The lowest BCUT2D eigenvalue weighted by Crippen LogP contribution is -2.37. The summed E-state index contributed by atoms with van der Waals surface area (Å²) in [5, 5.41) is 2.70. The molecule has 0 atom stereocenters. The van der Waals surface area contributed by atoms with Crippen LogP contribution in [-0.4, -0.2) is 36.3 Å². The zero-order chi connectivity index (χ0) is 13.1. The van der Waals surface area contributed by atoms with Crippen LogP contribution in [0.1, 0.15) is 22.3 Å². The molecule has 1 aromatic rings. The first-order chi connectivity index (χ1) is 8.56. The van der Waals surface area contributed by atoms with E-state index in [2.05, 4.69) is 5.32 Å². The first kappa shape index (κ1) is 12.5. The lowest BCUT2D eigenvalue weighted by molar-refractivity contribution is -0.121. The van der Waals surface area contributed by atoms with E-state index in [1.54, 1.807) is 13.0 Å². The summed E-state index contributed by atoms with van der Waals surface area (Å²) in [6, 6.07) is 4.21. The van der Waals surface area contributed by atoms with Crippen molar-refractivity contribution in [3.05, 3.63) is 35.1 Å². The van der Waals surface area contributed by atoms with Crippen LogP contribution in [0.15, 0.2) is 18.2 Å². The van der Waals surface area contributed by atoms with Gasteiger partial charge in [-0.25, -0.2) is 4.39 Å². The van der Waals surface area contributed by atoms with E-state index in [9.17, 15) is 14.0 Å². The van der Waals surface area contributed by atoms with Gasteiger partial charge >= 0.3 is 0 Å². The van der Waals surface area contributed by atoms with Crippen molar-refractivity contribution >= 4 is 11.8 Å². The Balaban J connectivity index is 2.21. The first-order valence-electron chi connectivity index (χ1n) is 5.89. The van der Waals surface area contributed by atoms with E-state index in [-0.39, 0.29) is 18.4 Å². The molecule has 0 aromatic heterocycles. The van der Waals surface area contributed by atoms with E-state index in [1.807, 2.05) is 0 Å². The Bertz CT molecular complexity index is 468. The largest absolute Gasteiger partial charge is 0.354 e. The number of hydrogen-bond donors (Lipinski definition) is 1. The van der Waals surface area contributed by atoms with Crippen molar-refractivity contribution < 1.29 is 14.0 Å². The van der Waals surface area contributed by atoms with Crippen LogP contribution in [-0.2, 0) is 4.79 Å². The van der Waals surface area contributed by atoms with E-state index >= 15 is 0 Å². The Morgan fingerprint density at radius 2 is 2.17 bits per heavy atom. The summed E-state index contributed by atoms with van der Waals surface area (Å²) < 4.78 is 13.3. The van der Waals surface area contributed by atoms with Crippen LogP contribution in [0.4, 0.5) is 4.39 Å². The third-order valence-electron chi connectivity index (χ3n) is 2.84. The molecular weight excluding hydrogens is 235 g/mol. The minimum atomic E-state index is -0.433. The average Bonchev–Trinajstić information content (AvgIpc) is 2.51. The standard InChI is InChI=1S/C13H15FN2O2/c1-9-5-10(7-11(14)6-9)13(18)16-4-2-3-15-12(17)8-16/h5-7H,2-4,8H2,1H3,(H,15,17). The van der Waals surface area contributed by atoms with Gasteiger partial charge in [0.25, 0.3) is 5.91 Å². The molecule has 5 heteroatoms. The van der Waals surface area contributed by atoms with Crippen molar-refractivity contribution in [1.29, 1.82) is 0 Å². The molecule has 1 fully saturated rings. The molecule has 2 rings (SSSR count). The predicted octanol–water partition coefficient (Wildman–Crippen LogP) is 1.10. The Kier molecular flexibility index (Phi) is 3.60. The van der Waals surface area contributed by atoms with Crippen LogP contribution in [0.2, 0.25) is 0 Å². The molecule has 1 N–H and O–H groups in total. The second-order valence-corrected chi connectivity index (χ2v) is 4.45. The lowest BCUT2D eigenvalue weighted by Gasteiger charge is -2.19. The highest BCUT2D eigenvalue weighted by molar-refractivity contribution is 5.96. The number of benzene rings is 1. The zero-order valence-corrected chi connectivity index (χ0v) is 10.2. The SMILES string of the molecule is Cc1cc(F)cc(C(=O)N2CCCNC(=O)C2)c1. The first-order valence-corrected chi connectivity index (χ1v) is 5.89. The van der Waals surface area contributed by atoms with Crippen LogP contribution in [0.25, 0.3) is 0 Å². The molecule has 0 radical (unpaired) electrons. The Morgan fingerprint density at radius 1 is 1.39 bits per heavy atom. The van der Waals surface area contributed by atoms with Gasteiger partial charge in [0.15, 0.2) is 0 Å². The summed E-state index contributed by atoms with van der Waals surface area (Å²) in [4.78, 5) is 25.0. The Labute approximate surface area is 105 Å². The Morgan fingerprint density at radius 3 is 2.89 bits per heavy atom. The molecule has 96 valence electrons. The number of hydrogen-bond acceptors (Lipinski definition) is 2. The minimum absolute atomic E-state index is 0.0361. The maximum Gasteiger partial charge on any atom is 0.254 e. The molecule has 1 saturated heterocycles. The highest BCUT2D eigenvalue weighted by Crippen LogP contribution is 2.12. The maximum absolute atomic E-state index is 13.3. The summed E-state index contributed by atoms with van der Waals surface area (Å²) in [6.07, 6.45) is 0.714. The smallest absolute Gasteiger partial charge is 0.254 e. The van der Waals surface area contributed by atoms with Crippen LogP contribution in [0.3, 0.4) is 0 Å². The number of nitrogens with zero attached hydrogens (tertiary/aromatic N) is 1. The van der Waals surface area contributed by atoms with Gasteiger partial charge in [-0.05, 0) is 37.1 Å². The van der Waals surface area contributed by atoms with Gasteiger partial charge in [-0.1, -0.05) is 0 Å². The number of carbonyl (C=O) groups is 2. The lowest BCUT2D eigenvalue weighted by atomic mass is 10.1. The average molecular weight is 250 g/mol. The topological polar surface area (TPSA) is 49.4 Å². The molecule has 0 spiro atoms. The van der Waals surface area contributed by atoms with Gasteiger partial charge in [-0.2, -0.15) is 0 Å². The van der Waals surface area contributed by atoms with Gasteiger partial charge < -0.3 is 10.2 Å². The van der Waals surface area contributed by atoms with Crippen molar-refractivity contribution in [2.24, 2.45) is 0 Å². The highest BCUT2D eigenvalue weighted by Gasteiger charge is 2.21. The fourth-order valence-electron chi connectivity index (χ4n) is 2.02. The number of halogens is 1. The summed E-state index contributed by atoms with van der Waals surface area (Å²) >= 11 is 0. The van der Waals surface area contributed by atoms with Crippen LogP contribution >= 0.6 is 0 Å². The van der Waals surface area contributed by atoms with E-state index < -0.39 is 5.82 Å². The third-order valence-corrected chi connectivity index (χ3v) is 2.84. The highest BCUT2D eigenvalue weighted by atomic mass is 19.1. The molecule has 2 amide bonds. The second-order valence-electron chi connectivity index (χ2n) is 4.45. The van der Waals surface area contributed by atoms with Crippen LogP contribution in [0, 0.1) is 12.7 Å². The number of amides is 2. The fraction of sp³-hybridized carbons (Fsp3) is 0.385. The number of aryl methyl sites for hydroxylation is 1. The van der Waals surface area contributed by atoms with Crippen LogP contribution in [0.5, 0.6) is 0 Å². The van der Waals surface area contributed by atoms with Crippen LogP contribution < -0.4 is 5.32 Å². The van der Waals surface area contributed by atoms with Gasteiger partial charge in [0.05, 0.1) is 6.54 Å². The quantitative estimate of drug-likeness (QED) is 0.811. The number of nitrogens with one attached hydrogen (secondary N) is 1. The van der Waals surface area contributed by atoms with Crippen molar-refractivity contribution in [3.63, 3.8) is 0 Å². The number of carbonyl (C=O) groups excluding carboxylic acids is 2. The molecule has 0 bridgehead atoms. The Hall–Kier alpha value is -1.91. The monoisotopic (exact) mass is 250 g/mol. The second kappa shape index (κ2) is 5.16. The molecular formula is C13H15FN2O2. The molecule has 1 aliphatic rings. The zero-order valence-electron chi connectivity index (χ0n) is 10.2. The summed E-state index contributed by atoms with van der Waals surface area (Å²) in [5.74, 6) is -0.902. The summed E-state index contributed by atoms with van der Waals surface area (Å²) in [7, 11) is 0. The maximum atomic E-state index is 13.3. The van der Waals surface area contributed by atoms with Gasteiger partial charge in [0.2, 0.25) is 5.91 Å². The van der Waals surface area contributed by atoms with Crippen molar-refractivity contribution in [1.82, 2.24) is 10.2 Å². The normalized spacial score (nSPS) is 16.1. The van der Waals surface area contributed by atoms with E-state index in [0.29, 0.717) is 30.6 Å². The van der Waals surface area contributed by atoms with Crippen molar-refractivity contribution in [2.75, 3.05) is 19.6 Å². The predicted molar refractivity (Wildman–Crippen MR) is 64.7 cm³/mol. The van der Waals surface area contributed by atoms with Crippen molar-refractivity contribution in [3.8, 4) is 0 Å². The minimum Gasteiger partial charge on any atom is -0.354 e. The van der Waals surface area contributed by atoms with Gasteiger partial charge in [0, 0.05) is 18.7 Å². The van der Waals surface area contributed by atoms with Gasteiger partial charge in [-0.15, -0.1) is 0 Å². The van der Waals surface area contributed by atoms with Gasteiger partial charge in [-0.3, -0.25) is 9.59 Å². The summed E-state index contributed by atoms with van der Waals surface area (Å²) in [6.45, 7) is 2.85. The summed E-state index contributed by atoms with van der Waals surface area (Å²) in [5.41, 5.74) is 0.986. The van der Waals surface area contributed by atoms with E-state index in [0.717, 1.165) is 0 Å². The third kappa shape index (κ3) is 2.85. The van der Waals surface area contributed by atoms with Crippen molar-refractivity contribution in [2.45, 2.75) is 13.3 Å².